The Kier molecular flexibility index (Phi) is 5.81. The number of nitrogen functional groups attached to an aromatic ring is 1. The molecule has 2 aliphatic heterocycles. The molecule has 3 aliphatic rings. The number of alkyl halides is 1. The van der Waals surface area contributed by atoms with Crippen molar-refractivity contribution < 1.29 is 19.0 Å². The second kappa shape index (κ2) is 9.36. The van der Waals surface area contributed by atoms with Crippen molar-refractivity contribution in [2.24, 2.45) is 0 Å². The number of nitrogens with two attached hydrogens (primary N) is 1. The molecule has 0 unspecified atom stereocenters. The summed E-state index contributed by atoms with van der Waals surface area (Å²) in [7, 11) is 0. The number of hydrogen-bond donors (Lipinski definition) is 2. The van der Waals surface area contributed by atoms with Crippen LogP contribution in [0, 0.1) is 0 Å². The topological polar surface area (TPSA) is 112 Å². The number of aliphatic hydroxyl groups is 1. The number of anilines is 2. The number of benzene rings is 1. The summed E-state index contributed by atoms with van der Waals surface area (Å²) in [6, 6.07) is 9.77. The predicted molar refractivity (Wildman–Crippen MR) is 142 cm³/mol. The van der Waals surface area contributed by atoms with Gasteiger partial charge in [0, 0.05) is 30.7 Å². The van der Waals surface area contributed by atoms with E-state index < -0.39 is 24.6 Å². The summed E-state index contributed by atoms with van der Waals surface area (Å²) in [4.78, 5) is 15.6. The Bertz CT molecular complexity index is 1480. The van der Waals surface area contributed by atoms with Gasteiger partial charge in [-0.3, -0.25) is 0 Å². The van der Waals surface area contributed by atoms with Gasteiger partial charge in [0.15, 0.2) is 12.4 Å². The van der Waals surface area contributed by atoms with Crippen LogP contribution in [0.2, 0.25) is 0 Å². The number of fused-ring (bicyclic) bond motifs is 2. The minimum Gasteiger partial charge on any atom is -0.491 e. The first-order valence-electron chi connectivity index (χ1n) is 13.4. The Labute approximate surface area is 219 Å². The number of aliphatic hydroxyl groups excluding tert-OH is 1. The first-order chi connectivity index (χ1) is 18.6. The largest absolute Gasteiger partial charge is 0.491 e. The van der Waals surface area contributed by atoms with E-state index in [2.05, 4.69) is 20.9 Å². The molecule has 0 bridgehead atoms. The zero-order valence-corrected chi connectivity index (χ0v) is 21.0. The first-order valence-corrected chi connectivity index (χ1v) is 13.4. The molecule has 4 atom stereocenters. The molecule has 7 rings (SSSR count). The monoisotopic (exact) mass is 518 g/mol. The highest BCUT2D eigenvalue weighted by Gasteiger charge is 2.46. The summed E-state index contributed by atoms with van der Waals surface area (Å²) in [5, 5.41) is 12.5. The minimum absolute atomic E-state index is 0.00121. The smallest absolute Gasteiger partial charge is 0.173 e. The normalized spacial score (nSPS) is 25.9. The van der Waals surface area contributed by atoms with Crippen LogP contribution in [0.25, 0.3) is 21.9 Å². The fourth-order valence-electron chi connectivity index (χ4n) is 6.02. The summed E-state index contributed by atoms with van der Waals surface area (Å²) in [6.45, 7) is 2.05. The Balaban J connectivity index is 1.11. The SMILES string of the molecule is Nc1ncnc2c1c(C1CCCC1)cn2[C@@H]1O[C@H](COc2ccc3ccc(N4CCC4)nc3c2)[C@@H](O)[C@@H]1F. The van der Waals surface area contributed by atoms with Crippen molar-refractivity contribution in [3.63, 3.8) is 0 Å². The van der Waals surface area contributed by atoms with Crippen molar-refractivity contribution in [1.82, 2.24) is 19.5 Å². The highest BCUT2D eigenvalue weighted by molar-refractivity contribution is 5.90. The third-order valence-corrected chi connectivity index (χ3v) is 8.27. The van der Waals surface area contributed by atoms with Crippen LogP contribution in [0.3, 0.4) is 0 Å². The maximum atomic E-state index is 15.5. The van der Waals surface area contributed by atoms with Crippen molar-refractivity contribution in [1.29, 1.82) is 0 Å². The molecule has 1 saturated carbocycles. The van der Waals surface area contributed by atoms with E-state index >= 15 is 4.39 Å². The second-order valence-electron chi connectivity index (χ2n) is 10.6. The summed E-state index contributed by atoms with van der Waals surface area (Å²) in [5.74, 6) is 2.26. The third-order valence-electron chi connectivity index (χ3n) is 8.27. The van der Waals surface area contributed by atoms with E-state index in [4.69, 9.17) is 20.2 Å². The van der Waals surface area contributed by atoms with Crippen molar-refractivity contribution >= 4 is 33.6 Å². The molecule has 38 heavy (non-hydrogen) atoms. The van der Waals surface area contributed by atoms with Crippen molar-refractivity contribution in [2.75, 3.05) is 30.3 Å². The number of nitrogens with zero attached hydrogens (tertiary/aromatic N) is 5. The minimum atomic E-state index is -1.65. The number of rotatable bonds is 6. The van der Waals surface area contributed by atoms with Gasteiger partial charge in [-0.1, -0.05) is 12.8 Å². The lowest BCUT2D eigenvalue weighted by molar-refractivity contribution is -0.0411. The van der Waals surface area contributed by atoms with Gasteiger partial charge in [0.2, 0.25) is 0 Å². The van der Waals surface area contributed by atoms with Gasteiger partial charge >= 0.3 is 0 Å². The number of ether oxygens (including phenoxy) is 2. The molecule has 2 saturated heterocycles. The average Bonchev–Trinajstić information content (AvgIpc) is 3.61. The van der Waals surface area contributed by atoms with E-state index in [1.165, 1.54) is 12.7 Å². The molecule has 1 aliphatic carbocycles. The van der Waals surface area contributed by atoms with Crippen LogP contribution in [-0.4, -0.2) is 62.7 Å². The van der Waals surface area contributed by atoms with Crippen LogP contribution in [0.15, 0.2) is 42.9 Å². The Morgan fingerprint density at radius 3 is 2.71 bits per heavy atom. The third kappa shape index (κ3) is 3.94. The highest BCUT2D eigenvalue weighted by Crippen LogP contribution is 2.42. The number of halogens is 1. The molecule has 0 amide bonds. The lowest BCUT2D eigenvalue weighted by Crippen LogP contribution is -2.37. The van der Waals surface area contributed by atoms with Crippen LogP contribution in [-0.2, 0) is 4.74 Å². The van der Waals surface area contributed by atoms with Gasteiger partial charge in [-0.2, -0.15) is 0 Å². The van der Waals surface area contributed by atoms with E-state index in [0.29, 0.717) is 23.1 Å². The van der Waals surface area contributed by atoms with Gasteiger partial charge in [-0.05, 0) is 55.0 Å². The zero-order valence-electron chi connectivity index (χ0n) is 21.0. The molecule has 10 heteroatoms. The molecule has 3 aromatic heterocycles. The Morgan fingerprint density at radius 2 is 1.92 bits per heavy atom. The summed E-state index contributed by atoms with van der Waals surface area (Å²) >= 11 is 0. The highest BCUT2D eigenvalue weighted by atomic mass is 19.1. The lowest BCUT2D eigenvalue weighted by atomic mass is 9.98. The molecule has 4 aromatic rings. The number of aromatic nitrogens is 4. The zero-order chi connectivity index (χ0) is 25.8. The van der Waals surface area contributed by atoms with Gasteiger partial charge in [-0.25, -0.2) is 19.3 Å². The molecule has 0 spiro atoms. The van der Waals surface area contributed by atoms with Crippen molar-refractivity contribution in [2.45, 2.75) is 62.6 Å². The summed E-state index contributed by atoms with van der Waals surface area (Å²) < 4.78 is 29.2. The van der Waals surface area contributed by atoms with Crippen molar-refractivity contribution in [3.8, 4) is 5.75 Å². The predicted octanol–water partition coefficient (Wildman–Crippen LogP) is 4.10. The fraction of sp³-hybridized carbons (Fsp3) is 0.464. The van der Waals surface area contributed by atoms with Crippen LogP contribution < -0.4 is 15.4 Å². The van der Waals surface area contributed by atoms with Crippen molar-refractivity contribution in [3.05, 3.63) is 48.4 Å². The second-order valence-corrected chi connectivity index (χ2v) is 10.6. The van der Waals surface area contributed by atoms with Crippen LogP contribution >= 0.6 is 0 Å². The van der Waals surface area contributed by atoms with Crippen LogP contribution in [0.5, 0.6) is 5.75 Å². The standard InChI is InChI=1S/C28H31FN6O3/c29-24-25(36)21(14-37-18-8-6-17-7-9-22(33-20(17)12-18)34-10-3-11-34)38-28(24)35-13-19(16-4-1-2-5-16)23-26(30)31-15-32-27(23)35/h6-9,12-13,15-16,21,24-25,28,36H,1-5,10-11,14H2,(H2,30,31,32)/t21-,24+,25-,28-/m1/s1. The van der Waals surface area contributed by atoms with Gasteiger partial charge < -0.3 is 29.8 Å². The Morgan fingerprint density at radius 1 is 1.11 bits per heavy atom. The molecule has 3 N–H and O–H groups in total. The van der Waals surface area contributed by atoms with Crippen LogP contribution in [0.4, 0.5) is 16.0 Å². The van der Waals surface area contributed by atoms with Gasteiger partial charge in [0.05, 0.1) is 10.9 Å². The van der Waals surface area contributed by atoms with E-state index in [-0.39, 0.29) is 6.61 Å². The maximum Gasteiger partial charge on any atom is 0.173 e. The first kappa shape index (κ1) is 23.6. The molecule has 198 valence electrons. The molecule has 1 aromatic carbocycles. The van der Waals surface area contributed by atoms with Gasteiger partial charge in [-0.15, -0.1) is 0 Å². The molecular weight excluding hydrogens is 487 g/mol. The number of pyridine rings is 1. The molecular formula is C28H31FN6O3. The molecule has 5 heterocycles. The van der Waals surface area contributed by atoms with E-state index in [1.807, 2.05) is 30.5 Å². The van der Waals surface area contributed by atoms with Gasteiger partial charge in [0.1, 0.15) is 48.2 Å². The van der Waals surface area contributed by atoms with Crippen LogP contribution in [0.1, 0.15) is 49.8 Å². The average molecular weight is 519 g/mol. The summed E-state index contributed by atoms with van der Waals surface area (Å²) in [6.07, 6.45) is 3.99. The fourth-order valence-corrected chi connectivity index (χ4v) is 6.02. The molecule has 9 nitrogen and oxygen atoms in total. The van der Waals surface area contributed by atoms with E-state index in [9.17, 15) is 5.11 Å². The quantitative estimate of drug-likeness (QED) is 0.392. The summed E-state index contributed by atoms with van der Waals surface area (Å²) in [5.41, 5.74) is 8.63. The van der Waals surface area contributed by atoms with E-state index in [1.54, 1.807) is 4.57 Å². The van der Waals surface area contributed by atoms with E-state index in [0.717, 1.165) is 66.4 Å². The number of hydrogen-bond acceptors (Lipinski definition) is 8. The molecule has 3 fully saturated rings. The Hall–Kier alpha value is -3.50. The maximum absolute atomic E-state index is 15.5. The molecule has 0 radical (unpaired) electrons. The lowest BCUT2D eigenvalue weighted by Gasteiger charge is -2.32. The van der Waals surface area contributed by atoms with Gasteiger partial charge in [0.25, 0.3) is 0 Å².